The highest BCUT2D eigenvalue weighted by atomic mass is 35.5. The molecule has 2 atom stereocenters. The Kier molecular flexibility index (Phi) is 4.98. The molecular weight excluding hydrogens is 308 g/mol. The lowest BCUT2D eigenvalue weighted by atomic mass is 9.67. The van der Waals surface area contributed by atoms with Crippen molar-refractivity contribution in [1.29, 1.82) is 0 Å². The maximum atomic E-state index is 12.7. The lowest BCUT2D eigenvalue weighted by Gasteiger charge is -2.45. The van der Waals surface area contributed by atoms with Crippen molar-refractivity contribution in [3.63, 3.8) is 0 Å². The van der Waals surface area contributed by atoms with Gasteiger partial charge in [0.05, 0.1) is 0 Å². The summed E-state index contributed by atoms with van der Waals surface area (Å²) in [6, 6.07) is 6.94. The van der Waals surface area contributed by atoms with Crippen LogP contribution >= 0.6 is 12.4 Å². The average Bonchev–Trinajstić information content (AvgIpc) is 2.95. The summed E-state index contributed by atoms with van der Waals surface area (Å²) in [5, 5.41) is 3.35. The van der Waals surface area contributed by atoms with Gasteiger partial charge in [-0.1, -0.05) is 12.5 Å². The lowest BCUT2D eigenvalue weighted by molar-refractivity contribution is 0.0756. The molecule has 3 aliphatic carbocycles. The predicted octanol–water partition coefficient (Wildman–Crippen LogP) is 3.23. The minimum Gasteiger partial charge on any atom is -0.349 e. The van der Waals surface area contributed by atoms with E-state index >= 15 is 0 Å². The molecule has 2 saturated carbocycles. The number of rotatable bonds is 2. The molecule has 1 amide bonds. The third-order valence-electron chi connectivity index (χ3n) is 6.04. The van der Waals surface area contributed by atoms with Crippen molar-refractivity contribution in [3.05, 3.63) is 34.9 Å². The van der Waals surface area contributed by atoms with E-state index in [0.717, 1.165) is 24.8 Å². The number of nitrogens with two attached hydrogens (primary N) is 1. The molecule has 1 aromatic carbocycles. The molecule has 0 saturated heterocycles. The Morgan fingerprint density at radius 1 is 1.04 bits per heavy atom. The Morgan fingerprint density at radius 2 is 1.74 bits per heavy atom. The molecule has 2 unspecified atom stereocenters. The van der Waals surface area contributed by atoms with Crippen molar-refractivity contribution in [1.82, 2.24) is 5.32 Å². The van der Waals surface area contributed by atoms with Crippen LogP contribution in [-0.4, -0.2) is 18.0 Å². The molecule has 4 rings (SSSR count). The molecule has 4 heteroatoms. The van der Waals surface area contributed by atoms with Gasteiger partial charge in [0, 0.05) is 17.6 Å². The maximum Gasteiger partial charge on any atom is 0.251 e. The fraction of sp³-hybridized carbons (Fsp3) is 0.632. The van der Waals surface area contributed by atoms with Crippen molar-refractivity contribution >= 4 is 18.3 Å². The van der Waals surface area contributed by atoms with Gasteiger partial charge >= 0.3 is 0 Å². The van der Waals surface area contributed by atoms with Crippen molar-refractivity contribution in [2.45, 2.75) is 63.5 Å². The van der Waals surface area contributed by atoms with Crippen LogP contribution < -0.4 is 11.1 Å². The first-order valence-electron chi connectivity index (χ1n) is 8.89. The van der Waals surface area contributed by atoms with Crippen LogP contribution in [0.3, 0.4) is 0 Å². The minimum absolute atomic E-state index is 0. The van der Waals surface area contributed by atoms with E-state index < -0.39 is 0 Å². The lowest BCUT2D eigenvalue weighted by Crippen LogP contribution is -2.53. The topological polar surface area (TPSA) is 55.1 Å². The second-order valence-corrected chi connectivity index (χ2v) is 7.52. The van der Waals surface area contributed by atoms with Gasteiger partial charge in [0.25, 0.3) is 5.91 Å². The van der Waals surface area contributed by atoms with Crippen LogP contribution in [0.1, 0.15) is 60.0 Å². The molecule has 3 N–H and O–H groups in total. The van der Waals surface area contributed by atoms with E-state index in [1.54, 1.807) is 0 Å². The molecule has 1 aromatic rings. The number of nitrogens with one attached hydrogen (secondary N) is 1. The van der Waals surface area contributed by atoms with Gasteiger partial charge in [-0.25, -0.2) is 0 Å². The van der Waals surface area contributed by atoms with E-state index in [4.69, 9.17) is 5.73 Å². The Balaban J connectivity index is 0.00000156. The van der Waals surface area contributed by atoms with Crippen LogP contribution in [-0.2, 0) is 12.8 Å². The van der Waals surface area contributed by atoms with Gasteiger partial charge in [0.2, 0.25) is 0 Å². The quantitative estimate of drug-likeness (QED) is 0.872. The Labute approximate surface area is 144 Å². The molecule has 2 fully saturated rings. The highest BCUT2D eigenvalue weighted by Gasteiger charge is 2.39. The van der Waals surface area contributed by atoms with Crippen LogP contribution in [0.4, 0.5) is 0 Å². The fourth-order valence-corrected chi connectivity index (χ4v) is 4.97. The van der Waals surface area contributed by atoms with E-state index in [2.05, 4.69) is 17.4 Å². The average molecular weight is 335 g/mol. The zero-order valence-electron chi connectivity index (χ0n) is 13.6. The van der Waals surface area contributed by atoms with Crippen LogP contribution in [0.25, 0.3) is 0 Å². The van der Waals surface area contributed by atoms with Gasteiger partial charge < -0.3 is 11.1 Å². The third-order valence-corrected chi connectivity index (χ3v) is 6.04. The van der Waals surface area contributed by atoms with E-state index in [0.29, 0.717) is 23.9 Å². The van der Waals surface area contributed by atoms with Gasteiger partial charge in [-0.15, -0.1) is 12.4 Å². The monoisotopic (exact) mass is 334 g/mol. The van der Waals surface area contributed by atoms with Crippen LogP contribution in [0.2, 0.25) is 0 Å². The van der Waals surface area contributed by atoms with Crippen LogP contribution in [0, 0.1) is 11.8 Å². The number of benzene rings is 1. The second kappa shape index (κ2) is 6.82. The van der Waals surface area contributed by atoms with E-state index in [1.807, 2.05) is 6.07 Å². The van der Waals surface area contributed by atoms with Gasteiger partial charge in [-0.2, -0.15) is 0 Å². The molecule has 0 heterocycles. The molecular formula is C19H27ClN2O. The SMILES string of the molecule is Cl.NC1CC2CCCC(C1)C2NC(=O)c1ccc2c(c1)CCC2. The minimum atomic E-state index is 0. The Morgan fingerprint density at radius 3 is 2.48 bits per heavy atom. The first kappa shape index (κ1) is 16.8. The Bertz CT molecular complexity index is 575. The number of carbonyl (C=O) groups excluding carboxylic acids is 1. The number of carbonyl (C=O) groups is 1. The largest absolute Gasteiger partial charge is 0.349 e. The van der Waals surface area contributed by atoms with E-state index in [9.17, 15) is 4.79 Å². The molecule has 3 nitrogen and oxygen atoms in total. The summed E-state index contributed by atoms with van der Waals surface area (Å²) in [5.74, 6) is 1.29. The summed E-state index contributed by atoms with van der Waals surface area (Å²) in [6.45, 7) is 0. The summed E-state index contributed by atoms with van der Waals surface area (Å²) in [5.41, 5.74) is 9.82. The molecule has 0 spiro atoms. The zero-order valence-corrected chi connectivity index (χ0v) is 14.4. The fourth-order valence-electron chi connectivity index (χ4n) is 4.97. The van der Waals surface area contributed by atoms with Crippen LogP contribution in [0.5, 0.6) is 0 Å². The van der Waals surface area contributed by atoms with Crippen LogP contribution in [0.15, 0.2) is 18.2 Å². The predicted molar refractivity (Wildman–Crippen MR) is 95.0 cm³/mol. The van der Waals surface area contributed by atoms with Gasteiger partial charge in [-0.05, 0) is 80.0 Å². The molecule has 23 heavy (non-hydrogen) atoms. The number of amides is 1. The summed E-state index contributed by atoms with van der Waals surface area (Å²) in [4.78, 5) is 12.7. The van der Waals surface area contributed by atoms with E-state index in [-0.39, 0.29) is 18.3 Å². The molecule has 0 radical (unpaired) electrons. The van der Waals surface area contributed by atoms with Crippen molar-refractivity contribution in [3.8, 4) is 0 Å². The molecule has 0 aliphatic heterocycles. The number of hydrogen-bond donors (Lipinski definition) is 2. The van der Waals surface area contributed by atoms with Gasteiger partial charge in [-0.3, -0.25) is 4.79 Å². The number of aryl methyl sites for hydroxylation is 2. The maximum absolute atomic E-state index is 12.7. The molecule has 126 valence electrons. The Hall–Kier alpha value is -1.06. The normalized spacial score (nSPS) is 31.9. The van der Waals surface area contributed by atoms with Crippen molar-refractivity contribution in [2.75, 3.05) is 0 Å². The van der Waals surface area contributed by atoms with Crippen molar-refractivity contribution < 1.29 is 4.79 Å². The summed E-state index contributed by atoms with van der Waals surface area (Å²) >= 11 is 0. The van der Waals surface area contributed by atoms with Gasteiger partial charge in [0.15, 0.2) is 0 Å². The van der Waals surface area contributed by atoms with Crippen molar-refractivity contribution in [2.24, 2.45) is 17.6 Å². The smallest absolute Gasteiger partial charge is 0.251 e. The number of hydrogen-bond acceptors (Lipinski definition) is 2. The van der Waals surface area contributed by atoms with E-state index in [1.165, 1.54) is 43.2 Å². The zero-order chi connectivity index (χ0) is 15.1. The molecule has 0 aromatic heterocycles. The summed E-state index contributed by atoms with van der Waals surface area (Å²) in [6.07, 6.45) is 9.41. The first-order chi connectivity index (χ1) is 10.7. The molecule has 3 aliphatic rings. The standard InChI is InChI=1S/C19H26N2O.ClH/c20-17-10-14-5-2-6-15(11-17)18(14)21-19(22)16-8-7-12-3-1-4-13(12)9-16;/h7-9,14-15,17-18H,1-6,10-11,20H2,(H,21,22);1H. The highest BCUT2D eigenvalue weighted by Crippen LogP contribution is 2.39. The third kappa shape index (κ3) is 3.27. The highest BCUT2D eigenvalue weighted by molar-refractivity contribution is 5.94. The summed E-state index contributed by atoms with van der Waals surface area (Å²) in [7, 11) is 0. The van der Waals surface area contributed by atoms with Gasteiger partial charge in [0.1, 0.15) is 0 Å². The first-order valence-corrected chi connectivity index (χ1v) is 8.89. The number of fused-ring (bicyclic) bond motifs is 3. The molecule has 2 bridgehead atoms. The number of halogens is 1. The second-order valence-electron chi connectivity index (χ2n) is 7.52. The summed E-state index contributed by atoms with van der Waals surface area (Å²) < 4.78 is 0.